The molecule has 0 saturated carbocycles. The van der Waals surface area contributed by atoms with Gasteiger partial charge in [0.05, 0.1) is 0 Å². The van der Waals surface area contributed by atoms with E-state index in [1.165, 1.54) is 99.8 Å². The van der Waals surface area contributed by atoms with E-state index in [1.807, 2.05) is 12.1 Å². The van der Waals surface area contributed by atoms with Crippen LogP contribution in [0.1, 0.15) is 49.9 Å². The maximum absolute atomic E-state index is 6.20. The van der Waals surface area contributed by atoms with Crippen LogP contribution >= 0.6 is 0 Å². The molecule has 1 heterocycles. The topological polar surface area (TPSA) is 16.4 Å². The molecule has 0 unspecified atom stereocenters. The molecule has 72 heavy (non-hydrogen) atoms. The van der Waals surface area contributed by atoms with E-state index in [0.29, 0.717) is 0 Å². The number of furan rings is 1. The van der Waals surface area contributed by atoms with Crippen LogP contribution in [0.3, 0.4) is 0 Å². The Labute approximate surface area is 421 Å². The number of fused-ring (bicyclic) bond motifs is 10. The minimum absolute atomic E-state index is 0.219. The zero-order valence-corrected chi connectivity index (χ0v) is 40.9. The van der Waals surface area contributed by atoms with E-state index in [4.69, 9.17) is 4.42 Å². The van der Waals surface area contributed by atoms with E-state index in [-0.39, 0.29) is 10.8 Å². The molecule has 342 valence electrons. The molecular weight excluding hydrogens is 871 g/mol. The van der Waals surface area contributed by atoms with Crippen molar-refractivity contribution in [2.45, 2.75) is 38.5 Å². The lowest BCUT2D eigenvalue weighted by Gasteiger charge is -2.30. The molecule has 0 aliphatic heterocycles. The van der Waals surface area contributed by atoms with Crippen LogP contribution in [0.25, 0.3) is 99.5 Å². The Bertz CT molecular complexity index is 4130. The predicted molar refractivity (Wildman–Crippen MR) is 303 cm³/mol. The highest BCUT2D eigenvalue weighted by atomic mass is 16.3. The van der Waals surface area contributed by atoms with Crippen molar-refractivity contribution < 1.29 is 4.42 Å². The van der Waals surface area contributed by atoms with E-state index in [9.17, 15) is 0 Å². The fourth-order valence-corrected chi connectivity index (χ4v) is 12.1. The number of anilines is 3. The van der Waals surface area contributed by atoms with E-state index in [2.05, 4.69) is 257 Å². The summed E-state index contributed by atoms with van der Waals surface area (Å²) in [5.41, 5.74) is 25.1. The maximum Gasteiger partial charge on any atom is 0.135 e. The van der Waals surface area contributed by atoms with Crippen LogP contribution in [0.2, 0.25) is 0 Å². The first-order valence-electron chi connectivity index (χ1n) is 25.2. The van der Waals surface area contributed by atoms with E-state index < -0.39 is 0 Å². The van der Waals surface area contributed by atoms with Crippen LogP contribution in [0.15, 0.2) is 241 Å². The molecule has 14 rings (SSSR count). The number of hydrogen-bond donors (Lipinski definition) is 0. The molecule has 0 fully saturated rings. The molecule has 0 amide bonds. The van der Waals surface area contributed by atoms with Crippen LogP contribution in [0, 0.1) is 0 Å². The van der Waals surface area contributed by atoms with E-state index in [0.717, 1.165) is 39.0 Å². The first kappa shape index (κ1) is 42.2. The fraction of sp³-hybridized carbons (Fsp3) is 0.0857. The molecule has 0 spiro atoms. The molecule has 0 atom stereocenters. The van der Waals surface area contributed by atoms with Gasteiger partial charge in [-0.15, -0.1) is 0 Å². The molecule has 2 aliphatic carbocycles. The van der Waals surface area contributed by atoms with Crippen molar-refractivity contribution in [2.24, 2.45) is 0 Å². The summed E-state index contributed by atoms with van der Waals surface area (Å²) in [6.45, 7) is 9.57. The van der Waals surface area contributed by atoms with Crippen LogP contribution in [0.5, 0.6) is 0 Å². The molecule has 0 saturated heterocycles. The quantitative estimate of drug-likeness (QED) is 0.158. The van der Waals surface area contributed by atoms with Gasteiger partial charge in [0.2, 0.25) is 0 Å². The second kappa shape index (κ2) is 15.9. The van der Waals surface area contributed by atoms with Gasteiger partial charge in [0, 0.05) is 38.7 Å². The summed E-state index contributed by atoms with van der Waals surface area (Å²) >= 11 is 0. The monoisotopic (exact) mass is 921 g/mol. The smallest absolute Gasteiger partial charge is 0.135 e. The van der Waals surface area contributed by atoms with Crippen molar-refractivity contribution in [3.8, 4) is 66.8 Å². The summed E-state index contributed by atoms with van der Waals surface area (Å²) in [6, 6.07) is 87.5. The standard InChI is InChI=1S/C70H51NO/c1-69(2)63-40-52(50-23-22-45-14-8-9-15-49(45)38-50)26-33-57(63)59-35-31-55(42-65(59)69)71(54-29-24-48(25-30-54)47-20-18-46(19-21-47)44-12-6-5-7-13-44)56-32-36-60-58-34-27-53(41-64(58)70(3,4)66(60)43-56)51-28-37-68-62(39-51)61-16-10-11-17-67(61)72-68/h5-43H,1-4H3. The highest BCUT2D eigenvalue weighted by molar-refractivity contribution is 6.06. The highest BCUT2D eigenvalue weighted by Crippen LogP contribution is 2.54. The lowest BCUT2D eigenvalue weighted by molar-refractivity contribution is 0.660. The minimum Gasteiger partial charge on any atom is -0.456 e. The molecular formula is C70H51NO. The van der Waals surface area contributed by atoms with Gasteiger partial charge in [0.15, 0.2) is 0 Å². The largest absolute Gasteiger partial charge is 0.456 e. The van der Waals surface area contributed by atoms with Crippen LogP contribution in [-0.4, -0.2) is 0 Å². The molecule has 2 heteroatoms. The SMILES string of the molecule is CC1(C)c2cc(-c3ccc4ccccc4c3)ccc2-c2ccc(N(c3ccc(-c4ccc(-c5ccccc5)cc4)cc3)c3ccc4c(c3)C(C)(C)c3cc(-c5ccc6oc7ccccc7c6c5)ccc3-4)cc21. The van der Waals surface area contributed by atoms with Gasteiger partial charge in [-0.1, -0.05) is 191 Å². The van der Waals surface area contributed by atoms with Crippen LogP contribution in [-0.2, 0) is 10.8 Å². The normalized spacial score (nSPS) is 13.8. The van der Waals surface area contributed by atoms with Gasteiger partial charge in [0.1, 0.15) is 11.2 Å². The summed E-state index contributed by atoms with van der Waals surface area (Å²) in [5, 5.41) is 4.82. The first-order chi connectivity index (χ1) is 35.2. The molecule has 0 bridgehead atoms. The lowest BCUT2D eigenvalue weighted by atomic mass is 9.81. The van der Waals surface area contributed by atoms with Gasteiger partial charge in [-0.25, -0.2) is 0 Å². The van der Waals surface area contributed by atoms with Gasteiger partial charge < -0.3 is 9.32 Å². The Hall–Kier alpha value is -8.72. The molecule has 11 aromatic carbocycles. The summed E-state index contributed by atoms with van der Waals surface area (Å²) in [6.07, 6.45) is 0. The van der Waals surface area contributed by atoms with Gasteiger partial charge >= 0.3 is 0 Å². The third-order valence-electron chi connectivity index (χ3n) is 16.1. The molecule has 12 aromatic rings. The second-order valence-electron chi connectivity index (χ2n) is 20.9. The zero-order valence-electron chi connectivity index (χ0n) is 40.9. The Morgan fingerprint density at radius 1 is 0.278 bits per heavy atom. The molecule has 1 aromatic heterocycles. The zero-order chi connectivity index (χ0) is 48.3. The molecule has 2 aliphatic rings. The summed E-state index contributed by atoms with van der Waals surface area (Å²) in [5.74, 6) is 0. The third-order valence-corrected chi connectivity index (χ3v) is 16.1. The van der Waals surface area contributed by atoms with Crippen molar-refractivity contribution in [1.82, 2.24) is 0 Å². The Kier molecular flexibility index (Phi) is 9.32. The predicted octanol–water partition coefficient (Wildman–Crippen LogP) is 19.5. The summed E-state index contributed by atoms with van der Waals surface area (Å²) < 4.78 is 6.20. The minimum atomic E-state index is -0.241. The van der Waals surface area contributed by atoms with Gasteiger partial charge in [-0.3, -0.25) is 0 Å². The van der Waals surface area contributed by atoms with E-state index >= 15 is 0 Å². The van der Waals surface area contributed by atoms with Gasteiger partial charge in [0.25, 0.3) is 0 Å². The van der Waals surface area contributed by atoms with Crippen molar-refractivity contribution in [2.75, 3.05) is 4.90 Å². The van der Waals surface area contributed by atoms with Crippen molar-refractivity contribution in [3.05, 3.63) is 259 Å². The average Bonchev–Trinajstić information content (AvgIpc) is 4.00. The van der Waals surface area contributed by atoms with Crippen LogP contribution < -0.4 is 4.90 Å². The number of benzene rings is 11. The first-order valence-corrected chi connectivity index (χ1v) is 25.2. The van der Waals surface area contributed by atoms with E-state index in [1.54, 1.807) is 0 Å². The van der Waals surface area contributed by atoms with Crippen molar-refractivity contribution >= 4 is 49.8 Å². The molecule has 0 N–H and O–H groups in total. The average molecular weight is 922 g/mol. The summed E-state index contributed by atoms with van der Waals surface area (Å²) in [7, 11) is 0. The van der Waals surface area contributed by atoms with Gasteiger partial charge in [-0.05, 0) is 173 Å². The summed E-state index contributed by atoms with van der Waals surface area (Å²) in [4.78, 5) is 2.47. The Balaban J connectivity index is 0.851. The lowest BCUT2D eigenvalue weighted by Crippen LogP contribution is -2.18. The maximum atomic E-state index is 6.20. The molecule has 2 nitrogen and oxygen atoms in total. The Morgan fingerprint density at radius 3 is 1.29 bits per heavy atom. The number of rotatable bonds is 7. The third kappa shape index (κ3) is 6.63. The number of nitrogens with zero attached hydrogens (tertiary/aromatic N) is 1. The van der Waals surface area contributed by atoms with Crippen molar-refractivity contribution in [1.29, 1.82) is 0 Å². The second-order valence-corrected chi connectivity index (χ2v) is 20.9. The van der Waals surface area contributed by atoms with Gasteiger partial charge in [-0.2, -0.15) is 0 Å². The fourth-order valence-electron chi connectivity index (χ4n) is 12.1. The molecule has 0 radical (unpaired) electrons. The Morgan fingerprint density at radius 2 is 0.681 bits per heavy atom. The number of para-hydroxylation sites is 1. The van der Waals surface area contributed by atoms with Crippen LogP contribution in [0.4, 0.5) is 17.1 Å². The number of hydrogen-bond acceptors (Lipinski definition) is 2. The van der Waals surface area contributed by atoms with Crippen molar-refractivity contribution in [3.63, 3.8) is 0 Å². The highest BCUT2D eigenvalue weighted by Gasteiger charge is 2.38.